The van der Waals surface area contributed by atoms with Crippen LogP contribution in [0.3, 0.4) is 0 Å². The van der Waals surface area contributed by atoms with Crippen molar-refractivity contribution in [2.45, 2.75) is 57.9 Å². The second kappa shape index (κ2) is 11.9. The molecule has 0 aromatic heterocycles. The van der Waals surface area contributed by atoms with Gasteiger partial charge in [-0.25, -0.2) is 9.80 Å². The maximum Gasteiger partial charge on any atom is 0.334 e. The lowest BCUT2D eigenvalue weighted by atomic mass is 9.98. The molecule has 0 unspecified atom stereocenters. The van der Waals surface area contributed by atoms with E-state index >= 15 is 0 Å². The first-order valence-corrected chi connectivity index (χ1v) is 12.9. The van der Waals surface area contributed by atoms with E-state index < -0.39 is 12.2 Å². The molecule has 2 fully saturated rings. The van der Waals surface area contributed by atoms with Gasteiger partial charge in [-0.2, -0.15) is 5.01 Å². The molecule has 2 saturated heterocycles. The number of rotatable bonds is 8. The number of hydrazine groups is 1. The monoisotopic (exact) mass is 501 g/mol. The smallest absolute Gasteiger partial charge is 0.333 e. The standard InChI is InChI=1S/C29H35N5O3/c1-4-6-17-25-28(36)32(22(3)24-15-11-8-12-16-24)20-26-33(25)27(35)21-31(18-5-2)34(26)29(37)30-19-23-13-9-7-10-14-23/h2,7-16,22,25-26H,4,6,17-21H2,1,3H3,(H,30,37)/t22-,25+,26+/m1/s1. The van der Waals surface area contributed by atoms with Gasteiger partial charge in [-0.1, -0.05) is 86.3 Å². The summed E-state index contributed by atoms with van der Waals surface area (Å²) in [6.45, 7) is 4.64. The van der Waals surface area contributed by atoms with E-state index in [0.29, 0.717) is 13.0 Å². The summed E-state index contributed by atoms with van der Waals surface area (Å²) >= 11 is 0. The SMILES string of the molecule is C#CCN1CC(=O)N2[C@@H](CCCC)C(=O)N([C@H](C)c3ccccc3)C[C@@H]2N1C(=O)NCc1ccccc1. The molecule has 2 heterocycles. The van der Waals surface area contributed by atoms with Crippen LogP contribution >= 0.6 is 0 Å². The zero-order valence-corrected chi connectivity index (χ0v) is 21.5. The average Bonchev–Trinajstić information content (AvgIpc) is 2.92. The molecule has 37 heavy (non-hydrogen) atoms. The third kappa shape index (κ3) is 5.62. The van der Waals surface area contributed by atoms with Crippen LogP contribution in [0.5, 0.6) is 0 Å². The van der Waals surface area contributed by atoms with Crippen molar-refractivity contribution in [2.24, 2.45) is 0 Å². The molecule has 0 spiro atoms. The van der Waals surface area contributed by atoms with Crippen molar-refractivity contribution in [3.05, 3.63) is 71.8 Å². The minimum absolute atomic E-state index is 0.0520. The number of fused-ring (bicyclic) bond motifs is 1. The Labute approximate surface area is 219 Å². The highest BCUT2D eigenvalue weighted by atomic mass is 16.2. The van der Waals surface area contributed by atoms with Crippen molar-refractivity contribution in [1.29, 1.82) is 0 Å². The molecule has 2 aromatic carbocycles. The van der Waals surface area contributed by atoms with Crippen molar-refractivity contribution in [1.82, 2.24) is 25.1 Å². The minimum Gasteiger partial charge on any atom is -0.333 e. The van der Waals surface area contributed by atoms with Gasteiger partial charge in [-0.05, 0) is 24.5 Å². The molecule has 2 aromatic rings. The highest BCUT2D eigenvalue weighted by molar-refractivity contribution is 5.91. The van der Waals surface area contributed by atoms with Gasteiger partial charge in [0.2, 0.25) is 11.8 Å². The van der Waals surface area contributed by atoms with Crippen LogP contribution in [0.4, 0.5) is 4.79 Å². The molecule has 1 N–H and O–H groups in total. The Bertz CT molecular complexity index is 1130. The number of terminal acetylenes is 1. The lowest BCUT2D eigenvalue weighted by Gasteiger charge is -2.55. The Morgan fingerprint density at radius 2 is 1.78 bits per heavy atom. The van der Waals surface area contributed by atoms with Gasteiger partial charge in [0.15, 0.2) is 0 Å². The Morgan fingerprint density at radius 1 is 1.11 bits per heavy atom. The lowest BCUT2D eigenvalue weighted by Crippen LogP contribution is -2.76. The molecule has 0 radical (unpaired) electrons. The zero-order chi connectivity index (χ0) is 26.4. The lowest BCUT2D eigenvalue weighted by molar-refractivity contribution is -0.191. The largest absolute Gasteiger partial charge is 0.334 e. The Morgan fingerprint density at radius 3 is 2.43 bits per heavy atom. The van der Waals surface area contributed by atoms with E-state index in [0.717, 1.165) is 24.0 Å². The van der Waals surface area contributed by atoms with Gasteiger partial charge in [-0.15, -0.1) is 6.42 Å². The average molecular weight is 502 g/mol. The van der Waals surface area contributed by atoms with Crippen LogP contribution in [0.15, 0.2) is 60.7 Å². The summed E-state index contributed by atoms with van der Waals surface area (Å²) < 4.78 is 0. The normalized spacial score (nSPS) is 20.8. The van der Waals surface area contributed by atoms with Gasteiger partial charge in [0.1, 0.15) is 12.2 Å². The molecule has 0 saturated carbocycles. The van der Waals surface area contributed by atoms with Crippen LogP contribution in [0.25, 0.3) is 0 Å². The number of carbonyl (C=O) groups is 3. The number of piperazine rings is 1. The van der Waals surface area contributed by atoms with Gasteiger partial charge in [-0.3, -0.25) is 9.59 Å². The van der Waals surface area contributed by atoms with Gasteiger partial charge in [0.05, 0.1) is 25.7 Å². The number of carbonyl (C=O) groups excluding carboxylic acids is 3. The third-order valence-corrected chi connectivity index (χ3v) is 7.13. The molecule has 8 nitrogen and oxygen atoms in total. The predicted molar refractivity (Wildman–Crippen MR) is 141 cm³/mol. The summed E-state index contributed by atoms with van der Waals surface area (Å²) in [6, 6.07) is 18.3. The van der Waals surface area contributed by atoms with E-state index in [1.54, 1.807) is 19.8 Å². The molecule has 194 valence electrons. The van der Waals surface area contributed by atoms with E-state index in [-0.39, 0.29) is 43.5 Å². The Kier molecular flexibility index (Phi) is 8.47. The van der Waals surface area contributed by atoms with E-state index in [4.69, 9.17) is 6.42 Å². The fourth-order valence-corrected chi connectivity index (χ4v) is 5.19. The molecule has 2 aliphatic heterocycles. The van der Waals surface area contributed by atoms with Crippen molar-refractivity contribution in [3.8, 4) is 12.3 Å². The van der Waals surface area contributed by atoms with Crippen LogP contribution in [-0.2, 0) is 16.1 Å². The Hall–Kier alpha value is -3.83. The van der Waals surface area contributed by atoms with Crippen molar-refractivity contribution >= 4 is 17.8 Å². The van der Waals surface area contributed by atoms with E-state index in [2.05, 4.69) is 18.2 Å². The van der Waals surface area contributed by atoms with Crippen molar-refractivity contribution in [2.75, 3.05) is 19.6 Å². The molecule has 2 aliphatic rings. The number of amides is 4. The minimum atomic E-state index is -0.656. The molecule has 4 amide bonds. The van der Waals surface area contributed by atoms with Gasteiger partial charge < -0.3 is 15.1 Å². The number of nitrogens with zero attached hydrogens (tertiary/aromatic N) is 4. The molecule has 3 atom stereocenters. The number of benzene rings is 2. The molecular formula is C29H35N5O3. The molecule has 4 rings (SSSR count). The highest BCUT2D eigenvalue weighted by Gasteiger charge is 2.51. The predicted octanol–water partition coefficient (Wildman–Crippen LogP) is 3.38. The molecule has 0 aliphatic carbocycles. The van der Waals surface area contributed by atoms with Crippen LogP contribution in [-0.4, -0.2) is 69.5 Å². The van der Waals surface area contributed by atoms with E-state index in [1.165, 1.54) is 0 Å². The summed E-state index contributed by atoms with van der Waals surface area (Å²) in [4.78, 5) is 44.3. The summed E-state index contributed by atoms with van der Waals surface area (Å²) in [6.07, 6.45) is 7.22. The van der Waals surface area contributed by atoms with Crippen LogP contribution in [0.1, 0.15) is 50.3 Å². The van der Waals surface area contributed by atoms with Crippen LogP contribution in [0, 0.1) is 12.3 Å². The quantitative estimate of drug-likeness (QED) is 0.563. The number of unbranched alkanes of at least 4 members (excludes halogenated alkanes) is 1. The van der Waals surface area contributed by atoms with Gasteiger partial charge in [0, 0.05) is 6.54 Å². The van der Waals surface area contributed by atoms with E-state index in [9.17, 15) is 14.4 Å². The Balaban J connectivity index is 1.68. The first-order valence-electron chi connectivity index (χ1n) is 12.9. The highest BCUT2D eigenvalue weighted by Crippen LogP contribution is 2.33. The molecular weight excluding hydrogens is 466 g/mol. The summed E-state index contributed by atoms with van der Waals surface area (Å²) in [5, 5.41) is 6.15. The summed E-state index contributed by atoms with van der Waals surface area (Å²) in [7, 11) is 0. The number of hydrogen-bond acceptors (Lipinski definition) is 4. The second-order valence-electron chi connectivity index (χ2n) is 9.53. The molecule has 0 bridgehead atoms. The van der Waals surface area contributed by atoms with Crippen LogP contribution in [0.2, 0.25) is 0 Å². The van der Waals surface area contributed by atoms with E-state index in [1.807, 2.05) is 67.6 Å². The first kappa shape index (κ1) is 26.2. The van der Waals surface area contributed by atoms with Crippen molar-refractivity contribution < 1.29 is 14.4 Å². The van der Waals surface area contributed by atoms with Crippen LogP contribution < -0.4 is 5.32 Å². The van der Waals surface area contributed by atoms with Gasteiger partial charge in [0.25, 0.3) is 0 Å². The van der Waals surface area contributed by atoms with Crippen molar-refractivity contribution in [3.63, 3.8) is 0 Å². The maximum absolute atomic E-state index is 13.8. The number of urea groups is 1. The molecule has 8 heteroatoms. The fraction of sp³-hybridized carbons (Fsp3) is 0.414. The topological polar surface area (TPSA) is 76.2 Å². The third-order valence-electron chi connectivity index (χ3n) is 7.13. The number of nitrogens with one attached hydrogen (secondary N) is 1. The summed E-state index contributed by atoms with van der Waals surface area (Å²) in [5.74, 6) is 2.31. The van der Waals surface area contributed by atoms with Gasteiger partial charge >= 0.3 is 6.03 Å². The second-order valence-corrected chi connectivity index (χ2v) is 9.53. The fourth-order valence-electron chi connectivity index (χ4n) is 5.19. The first-order chi connectivity index (χ1) is 18.0. The number of hydrogen-bond donors (Lipinski definition) is 1. The maximum atomic E-state index is 13.8. The summed E-state index contributed by atoms with van der Waals surface area (Å²) in [5.41, 5.74) is 1.96. The zero-order valence-electron chi connectivity index (χ0n) is 21.5.